The maximum Gasteiger partial charge on any atom is 0.352 e. The average molecular weight is 731 g/mol. The molecule has 0 radical (unpaired) electrons. The lowest BCUT2D eigenvalue weighted by molar-refractivity contribution is -0.689. The molecule has 2 aromatic rings. The molecule has 0 aromatic carbocycles. The molecule has 0 aliphatic carbocycles. The molecule has 0 spiro atoms. The van der Waals surface area contributed by atoms with Crippen molar-refractivity contribution in [3.63, 3.8) is 0 Å². The quantitative estimate of drug-likeness (QED) is 0.0465. The van der Waals surface area contributed by atoms with Gasteiger partial charge in [-0.25, -0.2) is 19.1 Å². The summed E-state index contributed by atoms with van der Waals surface area (Å²) in [5.74, 6) is -4.13. The van der Waals surface area contributed by atoms with Gasteiger partial charge in [0.05, 0.1) is 0 Å². The number of carboxylic acids is 2. The number of thioether (sulfide) groups is 1. The SMILES string of the molecule is CCCCCCCCCCNC(=O)c1ccc[n+](CC2=C(C(=O)O)N3C(=O)[C@@H](NC(=O)/C(=N\OC(C)(C)C(=O)O)c4csc(N)n4)[C@H]3SC2)c1. The van der Waals surface area contributed by atoms with Crippen molar-refractivity contribution < 1.29 is 43.6 Å². The summed E-state index contributed by atoms with van der Waals surface area (Å²) >= 11 is 2.30. The van der Waals surface area contributed by atoms with Crippen LogP contribution in [0.1, 0.15) is 88.2 Å². The number of rotatable bonds is 19. The lowest BCUT2D eigenvalue weighted by Gasteiger charge is -2.49. The summed E-state index contributed by atoms with van der Waals surface area (Å²) in [5, 5.41) is 29.6. The van der Waals surface area contributed by atoms with Crippen LogP contribution in [0.15, 0.2) is 46.3 Å². The van der Waals surface area contributed by atoms with Gasteiger partial charge in [0.1, 0.15) is 28.4 Å². The highest BCUT2D eigenvalue weighted by atomic mass is 32.2. The number of nitrogens with two attached hydrogens (primary N) is 1. The van der Waals surface area contributed by atoms with Gasteiger partial charge in [-0.3, -0.25) is 19.3 Å². The Morgan fingerprint density at radius 3 is 2.48 bits per heavy atom. The third kappa shape index (κ3) is 9.59. The number of carbonyl (C=O) groups excluding carboxylic acids is 3. The van der Waals surface area contributed by atoms with Crippen molar-refractivity contribution in [2.75, 3.05) is 18.0 Å². The molecule has 3 amide bonds. The summed E-state index contributed by atoms with van der Waals surface area (Å²) in [5.41, 5.74) is 4.27. The van der Waals surface area contributed by atoms with E-state index in [9.17, 15) is 34.2 Å². The molecule has 17 heteroatoms. The number of pyridine rings is 1. The molecule has 1 fully saturated rings. The number of amides is 3. The van der Waals surface area contributed by atoms with Crippen molar-refractivity contribution in [1.29, 1.82) is 0 Å². The fourth-order valence-electron chi connectivity index (χ4n) is 5.35. The van der Waals surface area contributed by atoms with Crippen LogP contribution in [0.4, 0.5) is 5.13 Å². The van der Waals surface area contributed by atoms with Crippen molar-refractivity contribution in [3.05, 3.63) is 52.4 Å². The minimum atomic E-state index is -1.78. The van der Waals surface area contributed by atoms with Crippen molar-refractivity contribution in [2.45, 2.75) is 95.7 Å². The molecule has 0 saturated carbocycles. The number of carbonyl (C=O) groups is 5. The Labute approximate surface area is 298 Å². The zero-order chi connectivity index (χ0) is 36.4. The number of β-lactam (4-membered cyclic amide) rings is 1. The highest BCUT2D eigenvalue weighted by Gasteiger charge is 2.55. The maximum absolute atomic E-state index is 13.3. The zero-order valence-corrected chi connectivity index (χ0v) is 30.0. The molecular weight excluding hydrogens is 687 g/mol. The second-order valence-electron chi connectivity index (χ2n) is 12.5. The first-order chi connectivity index (χ1) is 23.8. The van der Waals surface area contributed by atoms with Gasteiger partial charge in [-0.1, -0.05) is 57.0 Å². The summed E-state index contributed by atoms with van der Waals surface area (Å²) in [4.78, 5) is 73.8. The third-order valence-corrected chi connectivity index (χ3v) is 10.2. The molecule has 4 heterocycles. The molecule has 2 aliphatic rings. The Kier molecular flexibility index (Phi) is 13.3. The Bertz CT molecular complexity index is 1660. The largest absolute Gasteiger partial charge is 0.478 e. The lowest BCUT2D eigenvalue weighted by Crippen LogP contribution is -2.71. The molecule has 0 unspecified atom stereocenters. The fourth-order valence-corrected chi connectivity index (χ4v) is 7.24. The Balaban J connectivity index is 1.39. The van der Waals surface area contributed by atoms with Crippen LogP contribution in [-0.4, -0.2) is 84.8 Å². The number of thiazole rings is 1. The first-order valence-electron chi connectivity index (χ1n) is 16.5. The van der Waals surface area contributed by atoms with Crippen molar-refractivity contribution >= 4 is 63.6 Å². The monoisotopic (exact) mass is 730 g/mol. The normalized spacial score (nSPS) is 17.5. The first kappa shape index (κ1) is 38.3. The van der Waals surface area contributed by atoms with Crippen LogP contribution < -0.4 is 20.9 Å². The highest BCUT2D eigenvalue weighted by molar-refractivity contribution is 8.00. The van der Waals surface area contributed by atoms with Crippen molar-refractivity contribution in [2.24, 2.45) is 5.16 Å². The summed E-state index contributed by atoms with van der Waals surface area (Å²) in [6.45, 7) is 5.39. The molecule has 2 aromatic heterocycles. The molecule has 2 atom stereocenters. The van der Waals surface area contributed by atoms with Crippen LogP contribution in [0.25, 0.3) is 0 Å². The number of anilines is 1. The van der Waals surface area contributed by atoms with Gasteiger partial charge < -0.3 is 31.4 Å². The van der Waals surface area contributed by atoms with E-state index in [4.69, 9.17) is 10.6 Å². The van der Waals surface area contributed by atoms with Crippen molar-refractivity contribution in [1.82, 2.24) is 20.5 Å². The van der Waals surface area contributed by atoms with E-state index >= 15 is 0 Å². The van der Waals surface area contributed by atoms with E-state index < -0.39 is 46.5 Å². The first-order valence-corrected chi connectivity index (χ1v) is 18.5. The Hall–Kier alpha value is -4.51. The standard InChI is InChI=1S/C33H43N7O8S2/c1-4-5-6-7-8-9-10-11-14-35-26(41)20-13-12-15-39(16-20)17-21-18-49-29-24(28(43)40(29)25(21)30(44)45)37-27(42)23(22-19-50-32(34)36-22)38-48-33(2,3)31(46)47/h12-13,15-16,19,24,29H,4-11,14,17-18H2,1-3H3,(H5-,34,35,36,37,41,42,44,45,46,47)/p+1/b38-23-/t24-,29-/m1/s1. The number of hydrogen-bond acceptors (Lipinski definition) is 11. The summed E-state index contributed by atoms with van der Waals surface area (Å²) in [7, 11) is 0. The van der Waals surface area contributed by atoms with E-state index in [-0.39, 0.29) is 34.7 Å². The van der Waals surface area contributed by atoms with Gasteiger partial charge in [0.15, 0.2) is 29.8 Å². The van der Waals surface area contributed by atoms with Gasteiger partial charge in [-0.15, -0.1) is 23.1 Å². The zero-order valence-electron chi connectivity index (χ0n) is 28.3. The summed E-state index contributed by atoms with van der Waals surface area (Å²) < 4.78 is 1.70. The number of hydrogen-bond donors (Lipinski definition) is 5. The number of aliphatic carboxylic acids is 2. The van der Waals surface area contributed by atoms with Crippen LogP contribution in [0.3, 0.4) is 0 Å². The number of carboxylic acid groups (broad SMARTS) is 2. The van der Waals surface area contributed by atoms with E-state index in [1.807, 2.05) is 0 Å². The van der Waals surface area contributed by atoms with E-state index in [2.05, 4.69) is 27.7 Å². The topological polar surface area (TPSA) is 217 Å². The summed E-state index contributed by atoms with van der Waals surface area (Å²) in [6.07, 6.45) is 12.7. The number of nitrogens with zero attached hydrogens (tertiary/aromatic N) is 4. The molecule has 270 valence electrons. The molecule has 0 bridgehead atoms. The van der Waals surface area contributed by atoms with E-state index in [0.29, 0.717) is 17.7 Å². The van der Waals surface area contributed by atoms with Crippen LogP contribution in [-0.2, 0) is 30.6 Å². The second kappa shape index (κ2) is 17.4. The number of nitrogens with one attached hydrogen (secondary N) is 2. The van der Waals surface area contributed by atoms with Gasteiger partial charge in [0, 0.05) is 29.3 Å². The van der Waals surface area contributed by atoms with Crippen LogP contribution in [0.5, 0.6) is 0 Å². The van der Waals surface area contributed by atoms with E-state index in [1.54, 1.807) is 29.1 Å². The minimum Gasteiger partial charge on any atom is -0.478 e. The van der Waals surface area contributed by atoms with Crippen LogP contribution >= 0.6 is 23.1 Å². The predicted molar refractivity (Wildman–Crippen MR) is 187 cm³/mol. The third-order valence-electron chi connectivity index (χ3n) is 8.21. The molecule has 6 N–H and O–H groups in total. The van der Waals surface area contributed by atoms with Crippen molar-refractivity contribution in [3.8, 4) is 0 Å². The number of nitrogen functional groups attached to an aromatic ring is 1. The lowest BCUT2D eigenvalue weighted by atomic mass is 10.0. The fraction of sp³-hybridized carbons (Fsp3) is 0.515. The van der Waals surface area contributed by atoms with Crippen LogP contribution in [0.2, 0.25) is 0 Å². The highest BCUT2D eigenvalue weighted by Crippen LogP contribution is 2.40. The molecular formula is C33H44N7O8S2+. The number of unbranched alkanes of at least 4 members (excludes halogenated alkanes) is 7. The van der Waals surface area contributed by atoms with Gasteiger partial charge >= 0.3 is 11.9 Å². The van der Waals surface area contributed by atoms with Crippen LogP contribution in [0, 0.1) is 0 Å². The average Bonchev–Trinajstić information content (AvgIpc) is 3.51. The molecule has 50 heavy (non-hydrogen) atoms. The molecule has 2 aliphatic heterocycles. The second-order valence-corrected chi connectivity index (χ2v) is 14.5. The van der Waals surface area contributed by atoms with Gasteiger partial charge in [-0.05, 0) is 26.3 Å². The maximum atomic E-state index is 13.3. The predicted octanol–water partition coefficient (Wildman–Crippen LogP) is 2.91. The smallest absolute Gasteiger partial charge is 0.352 e. The van der Waals surface area contributed by atoms with Gasteiger partial charge in [0.2, 0.25) is 5.60 Å². The Morgan fingerprint density at radius 1 is 1.14 bits per heavy atom. The van der Waals surface area contributed by atoms with Gasteiger partial charge in [-0.2, -0.15) is 0 Å². The number of aromatic nitrogens is 2. The molecule has 15 nitrogen and oxygen atoms in total. The minimum absolute atomic E-state index is 0.0145. The van der Waals surface area contributed by atoms with E-state index in [1.165, 1.54) is 63.1 Å². The van der Waals surface area contributed by atoms with E-state index in [0.717, 1.165) is 35.5 Å². The molecule has 1 saturated heterocycles. The number of fused-ring (bicyclic) bond motifs is 1. The summed E-state index contributed by atoms with van der Waals surface area (Å²) in [6, 6.07) is 2.30. The number of oxime groups is 1. The molecule has 4 rings (SSSR count). The van der Waals surface area contributed by atoms with Gasteiger partial charge in [0.25, 0.3) is 17.7 Å². The Morgan fingerprint density at radius 2 is 1.84 bits per heavy atom.